The number of carbonyl (C=O) groups is 2. The Kier molecular flexibility index (Phi) is 6.06. The van der Waals surface area contributed by atoms with E-state index < -0.39 is 5.97 Å². The molecule has 0 aromatic heterocycles. The Morgan fingerprint density at radius 3 is 2.71 bits per heavy atom. The van der Waals surface area contributed by atoms with Crippen LogP contribution in [0.25, 0.3) is 16.7 Å². The van der Waals surface area contributed by atoms with Crippen LogP contribution in [0.5, 0.6) is 0 Å². The highest BCUT2D eigenvalue weighted by molar-refractivity contribution is 6.17. The van der Waals surface area contributed by atoms with Crippen molar-refractivity contribution in [2.45, 2.75) is 13.3 Å². The van der Waals surface area contributed by atoms with E-state index in [1.54, 1.807) is 19.1 Å². The lowest BCUT2D eigenvalue weighted by atomic mass is 9.97. The van der Waals surface area contributed by atoms with Crippen molar-refractivity contribution in [3.63, 3.8) is 0 Å². The van der Waals surface area contributed by atoms with Gasteiger partial charge < -0.3 is 21.1 Å². The number of carboxylic acid groups (broad SMARTS) is 1. The number of hydrogen-bond donors (Lipinski definition) is 4. The summed E-state index contributed by atoms with van der Waals surface area (Å²) in [6.07, 6.45) is 3.08. The third-order valence-corrected chi connectivity index (χ3v) is 4.40. The van der Waals surface area contributed by atoms with E-state index in [4.69, 9.17) is 0 Å². The summed E-state index contributed by atoms with van der Waals surface area (Å²) >= 11 is 0. The van der Waals surface area contributed by atoms with E-state index in [0.29, 0.717) is 17.7 Å². The Balaban J connectivity index is 1.94. The highest BCUT2D eigenvalue weighted by Gasteiger charge is 2.15. The highest BCUT2D eigenvalue weighted by Crippen LogP contribution is 2.31. The van der Waals surface area contributed by atoms with Crippen LogP contribution in [0.3, 0.4) is 0 Å². The largest absolute Gasteiger partial charge is 0.478 e. The number of nitrogens with one attached hydrogen (secondary N) is 3. The van der Waals surface area contributed by atoms with Crippen LogP contribution in [-0.4, -0.2) is 36.5 Å². The standard InChI is InChI=1S/C21H22N4O3/c1-2-17(20(27)28)18-8-7-15(12-19(18)24-13-26)14-5-3-6-16(11-14)25-21-22-9-4-10-23-21/h2-3,5-8,11-13H,4,9-10H2,1H3,(H,24,26)(H,27,28)(H2,22,23,25). The summed E-state index contributed by atoms with van der Waals surface area (Å²) in [5, 5.41) is 18.5. The van der Waals surface area contributed by atoms with Crippen LogP contribution >= 0.6 is 0 Å². The maximum Gasteiger partial charge on any atom is 0.336 e. The summed E-state index contributed by atoms with van der Waals surface area (Å²) in [5.41, 5.74) is 3.71. The van der Waals surface area contributed by atoms with Gasteiger partial charge in [0.2, 0.25) is 6.41 Å². The number of guanidine groups is 1. The number of allylic oxidation sites excluding steroid dienone is 1. The second-order valence-corrected chi connectivity index (χ2v) is 6.25. The number of anilines is 2. The molecule has 3 rings (SSSR count). The number of carboxylic acids is 1. The molecular weight excluding hydrogens is 356 g/mol. The van der Waals surface area contributed by atoms with Crippen LogP contribution in [0, 0.1) is 0 Å². The number of nitrogens with zero attached hydrogens (tertiary/aromatic N) is 1. The summed E-state index contributed by atoms with van der Waals surface area (Å²) in [6, 6.07) is 13.1. The van der Waals surface area contributed by atoms with Crippen LogP contribution in [0.1, 0.15) is 18.9 Å². The van der Waals surface area contributed by atoms with Crippen molar-refractivity contribution < 1.29 is 14.7 Å². The fourth-order valence-electron chi connectivity index (χ4n) is 3.07. The maximum atomic E-state index is 11.5. The number of benzene rings is 2. The van der Waals surface area contributed by atoms with Crippen molar-refractivity contribution in [2.75, 3.05) is 23.7 Å². The molecule has 2 aromatic rings. The van der Waals surface area contributed by atoms with Crippen LogP contribution in [0.2, 0.25) is 0 Å². The molecule has 0 aliphatic carbocycles. The van der Waals surface area contributed by atoms with E-state index in [0.717, 1.165) is 42.3 Å². The van der Waals surface area contributed by atoms with Crippen molar-refractivity contribution in [1.82, 2.24) is 5.32 Å². The monoisotopic (exact) mass is 378 g/mol. The number of aliphatic carboxylic acids is 1. The molecule has 0 saturated heterocycles. The molecule has 0 fully saturated rings. The second-order valence-electron chi connectivity index (χ2n) is 6.25. The maximum absolute atomic E-state index is 11.5. The smallest absolute Gasteiger partial charge is 0.336 e. The predicted molar refractivity (Wildman–Crippen MR) is 111 cm³/mol. The van der Waals surface area contributed by atoms with Gasteiger partial charge >= 0.3 is 5.97 Å². The first-order valence-electron chi connectivity index (χ1n) is 9.02. The molecule has 0 saturated carbocycles. The molecule has 7 nitrogen and oxygen atoms in total. The first-order chi connectivity index (χ1) is 13.6. The predicted octanol–water partition coefficient (Wildman–Crippen LogP) is 3.17. The van der Waals surface area contributed by atoms with Gasteiger partial charge in [0.15, 0.2) is 5.96 Å². The number of carbonyl (C=O) groups excluding carboxylic acids is 1. The molecule has 0 bridgehead atoms. The number of hydrogen-bond acceptors (Lipinski definition) is 5. The molecule has 1 aliphatic rings. The van der Waals surface area contributed by atoms with Crippen LogP contribution < -0.4 is 16.0 Å². The van der Waals surface area contributed by atoms with Gasteiger partial charge in [-0.05, 0) is 42.7 Å². The zero-order chi connectivity index (χ0) is 19.9. The van der Waals surface area contributed by atoms with Gasteiger partial charge in [0.1, 0.15) is 0 Å². The normalized spacial score (nSPS) is 13.9. The summed E-state index contributed by atoms with van der Waals surface area (Å²) in [6.45, 7) is 3.35. The summed E-state index contributed by atoms with van der Waals surface area (Å²) in [5.74, 6) is -0.294. The van der Waals surface area contributed by atoms with Gasteiger partial charge in [-0.2, -0.15) is 0 Å². The van der Waals surface area contributed by atoms with Gasteiger partial charge in [0.25, 0.3) is 0 Å². The summed E-state index contributed by atoms with van der Waals surface area (Å²) in [7, 11) is 0. The number of amides is 1. The fourth-order valence-corrected chi connectivity index (χ4v) is 3.07. The Labute approximate surface area is 163 Å². The van der Waals surface area contributed by atoms with Crippen LogP contribution in [-0.2, 0) is 9.59 Å². The van der Waals surface area contributed by atoms with Gasteiger partial charge in [-0.3, -0.25) is 9.79 Å². The molecule has 0 atom stereocenters. The second kappa shape index (κ2) is 8.85. The SMILES string of the molecule is CC=C(C(=O)O)c1ccc(-c2cccc(NC3=NCCCN3)c2)cc1NC=O. The average Bonchev–Trinajstić information content (AvgIpc) is 2.70. The van der Waals surface area contributed by atoms with Gasteiger partial charge in [-0.15, -0.1) is 0 Å². The molecule has 0 unspecified atom stereocenters. The van der Waals surface area contributed by atoms with Gasteiger partial charge in [0, 0.05) is 30.0 Å². The quantitative estimate of drug-likeness (QED) is 0.457. The van der Waals surface area contributed by atoms with E-state index >= 15 is 0 Å². The molecule has 1 amide bonds. The third-order valence-electron chi connectivity index (χ3n) is 4.40. The minimum Gasteiger partial charge on any atom is -0.478 e. The van der Waals surface area contributed by atoms with E-state index in [9.17, 15) is 14.7 Å². The molecule has 144 valence electrons. The molecule has 7 heteroatoms. The third kappa shape index (κ3) is 4.37. The zero-order valence-electron chi connectivity index (χ0n) is 15.5. The van der Waals surface area contributed by atoms with Crippen LogP contribution in [0.15, 0.2) is 53.5 Å². The van der Waals surface area contributed by atoms with Crippen molar-refractivity contribution in [1.29, 1.82) is 0 Å². The molecule has 2 aromatic carbocycles. The molecule has 0 radical (unpaired) electrons. The minimum absolute atomic E-state index is 0.132. The van der Waals surface area contributed by atoms with Gasteiger partial charge in [-0.25, -0.2) is 4.79 Å². The molecule has 0 spiro atoms. The van der Waals surface area contributed by atoms with Crippen molar-refractivity contribution in [3.8, 4) is 11.1 Å². The van der Waals surface area contributed by atoms with E-state index in [-0.39, 0.29) is 5.57 Å². The van der Waals surface area contributed by atoms with E-state index in [1.165, 1.54) is 6.08 Å². The van der Waals surface area contributed by atoms with Crippen molar-refractivity contribution in [2.24, 2.45) is 4.99 Å². The minimum atomic E-state index is -1.05. The Hall–Kier alpha value is -3.61. The average molecular weight is 378 g/mol. The Morgan fingerprint density at radius 1 is 1.21 bits per heavy atom. The van der Waals surface area contributed by atoms with E-state index in [2.05, 4.69) is 20.9 Å². The van der Waals surface area contributed by atoms with Gasteiger partial charge in [-0.1, -0.05) is 30.3 Å². The van der Waals surface area contributed by atoms with Gasteiger partial charge in [0.05, 0.1) is 5.57 Å². The van der Waals surface area contributed by atoms with E-state index in [1.807, 2.05) is 30.3 Å². The fraction of sp³-hybridized carbons (Fsp3) is 0.190. The first kappa shape index (κ1) is 19.2. The van der Waals surface area contributed by atoms with Crippen molar-refractivity contribution >= 4 is 35.3 Å². The highest BCUT2D eigenvalue weighted by atomic mass is 16.4. The number of rotatable bonds is 6. The molecule has 4 N–H and O–H groups in total. The topological polar surface area (TPSA) is 103 Å². The lowest BCUT2D eigenvalue weighted by Crippen LogP contribution is -2.35. The first-order valence-corrected chi connectivity index (χ1v) is 9.02. The molecule has 28 heavy (non-hydrogen) atoms. The zero-order valence-corrected chi connectivity index (χ0v) is 15.5. The summed E-state index contributed by atoms with van der Waals surface area (Å²) in [4.78, 5) is 26.9. The van der Waals surface area contributed by atoms with Crippen LogP contribution in [0.4, 0.5) is 11.4 Å². The Morgan fingerprint density at radius 2 is 2.04 bits per heavy atom. The Bertz CT molecular complexity index is 950. The molecular formula is C21H22N4O3. The van der Waals surface area contributed by atoms with Crippen molar-refractivity contribution in [3.05, 3.63) is 54.1 Å². The number of aliphatic imine (C=N–C) groups is 1. The molecule has 1 heterocycles. The lowest BCUT2D eigenvalue weighted by Gasteiger charge is -2.17. The summed E-state index contributed by atoms with van der Waals surface area (Å²) < 4.78 is 0. The molecule has 1 aliphatic heterocycles. The lowest BCUT2D eigenvalue weighted by molar-refractivity contribution is -0.130.